The minimum absolute atomic E-state index is 0.251. The van der Waals surface area contributed by atoms with Crippen molar-refractivity contribution in [3.63, 3.8) is 0 Å². The van der Waals surface area contributed by atoms with Crippen LogP contribution in [0.25, 0.3) is 0 Å². The van der Waals surface area contributed by atoms with Gasteiger partial charge < -0.3 is 5.32 Å². The highest BCUT2D eigenvalue weighted by atomic mass is 16.2. The van der Waals surface area contributed by atoms with Crippen LogP contribution in [0.4, 0.5) is 0 Å². The molecule has 3 rings (SSSR count). The highest BCUT2D eigenvalue weighted by Gasteiger charge is 2.43. The Morgan fingerprint density at radius 1 is 0.950 bits per heavy atom. The van der Waals surface area contributed by atoms with E-state index in [-0.39, 0.29) is 11.3 Å². The van der Waals surface area contributed by atoms with Gasteiger partial charge in [-0.15, -0.1) is 0 Å². The van der Waals surface area contributed by atoms with Crippen LogP contribution in [-0.2, 0) is 10.2 Å². The van der Waals surface area contributed by atoms with Gasteiger partial charge in [-0.05, 0) is 31.2 Å². The van der Waals surface area contributed by atoms with Gasteiger partial charge in [0.15, 0.2) is 0 Å². The largest absolute Gasteiger partial charge is 0.353 e. The van der Waals surface area contributed by atoms with Crippen LogP contribution in [0.2, 0.25) is 0 Å². The molecule has 1 amide bonds. The first-order valence-corrected chi connectivity index (χ1v) is 8.18. The van der Waals surface area contributed by atoms with Crippen LogP contribution >= 0.6 is 0 Å². The normalized spacial score (nSPS) is 22.6. The molecule has 0 atom stereocenters. The Morgan fingerprint density at radius 2 is 1.60 bits per heavy atom. The topological polar surface area (TPSA) is 29.1 Å². The zero-order valence-corrected chi connectivity index (χ0v) is 12.2. The van der Waals surface area contributed by atoms with Crippen LogP contribution in [0.1, 0.15) is 63.4 Å². The molecule has 0 radical (unpaired) electrons. The second kappa shape index (κ2) is 5.99. The first kappa shape index (κ1) is 13.7. The summed E-state index contributed by atoms with van der Waals surface area (Å²) in [7, 11) is 0. The number of benzene rings is 1. The maximum Gasteiger partial charge on any atom is 0.230 e. The second-order valence-corrected chi connectivity index (χ2v) is 6.46. The highest BCUT2D eigenvalue weighted by Crippen LogP contribution is 2.41. The molecule has 1 aromatic rings. The van der Waals surface area contributed by atoms with Gasteiger partial charge >= 0.3 is 0 Å². The molecule has 0 spiro atoms. The average Bonchev–Trinajstić information content (AvgIpc) is 3.00. The molecule has 108 valence electrons. The van der Waals surface area contributed by atoms with Crippen LogP contribution < -0.4 is 5.32 Å². The monoisotopic (exact) mass is 271 g/mol. The molecule has 0 bridgehead atoms. The number of rotatable bonds is 3. The Labute approximate surface area is 122 Å². The van der Waals surface area contributed by atoms with Crippen LogP contribution in [0.5, 0.6) is 0 Å². The Morgan fingerprint density at radius 3 is 2.25 bits per heavy atom. The second-order valence-electron chi connectivity index (χ2n) is 6.46. The molecule has 1 N–H and O–H groups in total. The van der Waals surface area contributed by atoms with Crippen molar-refractivity contribution in [2.24, 2.45) is 0 Å². The Bertz CT molecular complexity index is 442. The van der Waals surface area contributed by atoms with E-state index in [2.05, 4.69) is 29.6 Å². The van der Waals surface area contributed by atoms with E-state index in [9.17, 15) is 4.79 Å². The third kappa shape index (κ3) is 2.61. The van der Waals surface area contributed by atoms with Gasteiger partial charge in [0.2, 0.25) is 5.91 Å². The molecule has 2 saturated carbocycles. The molecule has 2 heteroatoms. The molecule has 2 nitrogen and oxygen atoms in total. The van der Waals surface area contributed by atoms with Gasteiger partial charge in [0.25, 0.3) is 0 Å². The highest BCUT2D eigenvalue weighted by molar-refractivity contribution is 5.88. The summed E-state index contributed by atoms with van der Waals surface area (Å²) in [4.78, 5) is 12.9. The number of carbonyl (C=O) groups excluding carboxylic acids is 1. The minimum Gasteiger partial charge on any atom is -0.353 e. The number of hydrogen-bond acceptors (Lipinski definition) is 1. The number of amides is 1. The quantitative estimate of drug-likeness (QED) is 0.886. The molecule has 0 saturated heterocycles. The van der Waals surface area contributed by atoms with Gasteiger partial charge in [0, 0.05) is 6.04 Å². The van der Waals surface area contributed by atoms with E-state index in [1.165, 1.54) is 37.7 Å². The summed E-state index contributed by atoms with van der Waals surface area (Å²) in [6, 6.07) is 10.8. The molecule has 2 aliphatic carbocycles. The van der Waals surface area contributed by atoms with Crippen molar-refractivity contribution in [1.29, 1.82) is 0 Å². The SMILES string of the molecule is O=C(NC1CCCCC1)C1(c2ccccc2)CCCC1. The van der Waals surface area contributed by atoms with Gasteiger partial charge in [-0.25, -0.2) is 0 Å². The Kier molecular flexibility index (Phi) is 4.09. The molecule has 1 aromatic carbocycles. The summed E-state index contributed by atoms with van der Waals surface area (Å²) >= 11 is 0. The standard InChI is InChI=1S/C18H25NO/c20-17(19-16-11-5-2-6-12-16)18(13-7-8-14-18)15-9-3-1-4-10-15/h1,3-4,9-10,16H,2,5-8,11-14H2,(H,19,20). The molecule has 0 aliphatic heterocycles. The van der Waals surface area contributed by atoms with E-state index in [0.29, 0.717) is 6.04 Å². The van der Waals surface area contributed by atoms with Crippen molar-refractivity contribution >= 4 is 5.91 Å². The van der Waals surface area contributed by atoms with E-state index in [4.69, 9.17) is 0 Å². The summed E-state index contributed by atoms with van der Waals surface area (Å²) < 4.78 is 0. The Hall–Kier alpha value is -1.31. The van der Waals surface area contributed by atoms with Gasteiger partial charge in [-0.1, -0.05) is 62.4 Å². The lowest BCUT2D eigenvalue weighted by Crippen LogP contribution is -2.47. The zero-order chi connectivity index (χ0) is 13.8. The van der Waals surface area contributed by atoms with E-state index >= 15 is 0 Å². The predicted octanol–water partition coefficient (Wildman–Crippen LogP) is 3.95. The van der Waals surface area contributed by atoms with E-state index < -0.39 is 0 Å². The smallest absolute Gasteiger partial charge is 0.230 e. The number of hydrogen-bond donors (Lipinski definition) is 1. The van der Waals surface area contributed by atoms with E-state index in [1.807, 2.05) is 6.07 Å². The van der Waals surface area contributed by atoms with Gasteiger partial charge in [0.05, 0.1) is 5.41 Å². The maximum absolute atomic E-state index is 12.9. The molecule has 0 aromatic heterocycles. The molecular weight excluding hydrogens is 246 g/mol. The number of nitrogens with one attached hydrogen (secondary N) is 1. The molecular formula is C18H25NO. The molecule has 2 fully saturated rings. The summed E-state index contributed by atoms with van der Waals surface area (Å²) in [5.41, 5.74) is 0.962. The van der Waals surface area contributed by atoms with Crippen molar-refractivity contribution in [3.05, 3.63) is 35.9 Å². The third-order valence-corrected chi connectivity index (χ3v) is 5.16. The summed E-state index contributed by atoms with van der Waals surface area (Å²) in [5.74, 6) is 0.285. The van der Waals surface area contributed by atoms with Crippen LogP contribution in [0, 0.1) is 0 Å². The van der Waals surface area contributed by atoms with Crippen molar-refractivity contribution in [2.45, 2.75) is 69.2 Å². The number of carbonyl (C=O) groups is 1. The molecule has 0 heterocycles. The predicted molar refractivity (Wildman–Crippen MR) is 81.6 cm³/mol. The van der Waals surface area contributed by atoms with E-state index in [1.54, 1.807) is 0 Å². The van der Waals surface area contributed by atoms with Gasteiger partial charge in [0.1, 0.15) is 0 Å². The fourth-order valence-electron chi connectivity index (χ4n) is 3.95. The molecule has 0 unspecified atom stereocenters. The third-order valence-electron chi connectivity index (χ3n) is 5.16. The lowest BCUT2D eigenvalue weighted by Gasteiger charge is -2.32. The Balaban J connectivity index is 1.78. The fraction of sp³-hybridized carbons (Fsp3) is 0.611. The minimum atomic E-state index is -0.251. The zero-order valence-electron chi connectivity index (χ0n) is 12.2. The molecule has 20 heavy (non-hydrogen) atoms. The van der Waals surface area contributed by atoms with Crippen LogP contribution in [0.3, 0.4) is 0 Å². The molecule has 2 aliphatic rings. The summed E-state index contributed by atoms with van der Waals surface area (Å²) in [6.07, 6.45) is 10.6. The van der Waals surface area contributed by atoms with Crippen molar-refractivity contribution < 1.29 is 4.79 Å². The van der Waals surface area contributed by atoms with Crippen LogP contribution in [0.15, 0.2) is 30.3 Å². The first-order chi connectivity index (χ1) is 9.81. The van der Waals surface area contributed by atoms with Crippen molar-refractivity contribution in [3.8, 4) is 0 Å². The van der Waals surface area contributed by atoms with E-state index in [0.717, 1.165) is 25.7 Å². The van der Waals surface area contributed by atoms with Crippen molar-refractivity contribution in [1.82, 2.24) is 5.32 Å². The maximum atomic E-state index is 12.9. The fourth-order valence-corrected chi connectivity index (χ4v) is 3.95. The lowest BCUT2D eigenvalue weighted by atomic mass is 9.77. The van der Waals surface area contributed by atoms with Gasteiger partial charge in [-0.2, -0.15) is 0 Å². The lowest BCUT2D eigenvalue weighted by molar-refractivity contribution is -0.127. The van der Waals surface area contributed by atoms with Crippen molar-refractivity contribution in [2.75, 3.05) is 0 Å². The van der Waals surface area contributed by atoms with Gasteiger partial charge in [-0.3, -0.25) is 4.79 Å². The van der Waals surface area contributed by atoms with Crippen LogP contribution in [-0.4, -0.2) is 11.9 Å². The summed E-state index contributed by atoms with van der Waals surface area (Å²) in [6.45, 7) is 0. The first-order valence-electron chi connectivity index (χ1n) is 8.18. The summed E-state index contributed by atoms with van der Waals surface area (Å²) in [5, 5.41) is 3.36. The average molecular weight is 271 g/mol.